The van der Waals surface area contributed by atoms with Gasteiger partial charge < -0.3 is 14.8 Å². The largest absolute Gasteiger partial charge is 0.493 e. The van der Waals surface area contributed by atoms with Crippen LogP contribution < -0.4 is 14.8 Å². The van der Waals surface area contributed by atoms with E-state index in [1.807, 2.05) is 31.2 Å². The molecular formula is C16H22N2O3. The maximum absolute atomic E-state index is 11.8. The van der Waals surface area contributed by atoms with Gasteiger partial charge in [-0.05, 0) is 38.0 Å². The number of hydrogen-bond acceptors (Lipinski definition) is 4. The Morgan fingerprint density at radius 1 is 1.38 bits per heavy atom. The molecule has 0 aromatic heterocycles. The van der Waals surface area contributed by atoms with Gasteiger partial charge in [0.1, 0.15) is 5.41 Å². The molecule has 21 heavy (non-hydrogen) atoms. The lowest BCUT2D eigenvalue weighted by Crippen LogP contribution is -2.35. The van der Waals surface area contributed by atoms with Crippen LogP contribution in [0.3, 0.4) is 0 Å². The highest BCUT2D eigenvalue weighted by Gasteiger charge is 2.26. The normalized spacial score (nSPS) is 10.6. The fraction of sp³-hybridized carbons (Fsp3) is 0.500. The van der Waals surface area contributed by atoms with Gasteiger partial charge in [-0.1, -0.05) is 13.0 Å². The van der Waals surface area contributed by atoms with Crippen molar-refractivity contribution in [3.63, 3.8) is 0 Å². The zero-order chi connectivity index (χ0) is 15.9. The molecule has 1 aromatic carbocycles. The SMILES string of the molecule is CCCOc1ccc(CNC(=O)C(C)(C)C#N)cc1OC. The molecule has 5 heteroatoms. The molecule has 5 nitrogen and oxygen atoms in total. The van der Waals surface area contributed by atoms with Crippen molar-refractivity contribution in [1.82, 2.24) is 5.32 Å². The summed E-state index contributed by atoms with van der Waals surface area (Å²) in [5.41, 5.74) is -0.147. The van der Waals surface area contributed by atoms with E-state index in [-0.39, 0.29) is 5.91 Å². The minimum Gasteiger partial charge on any atom is -0.493 e. The summed E-state index contributed by atoms with van der Waals surface area (Å²) < 4.78 is 10.9. The second kappa shape index (κ2) is 7.53. The highest BCUT2D eigenvalue weighted by molar-refractivity contribution is 5.84. The van der Waals surface area contributed by atoms with Crippen LogP contribution in [0.5, 0.6) is 11.5 Å². The van der Waals surface area contributed by atoms with Gasteiger partial charge in [0.05, 0.1) is 19.8 Å². The van der Waals surface area contributed by atoms with Crippen LogP contribution in [-0.4, -0.2) is 19.6 Å². The first kappa shape index (κ1) is 16.8. The zero-order valence-electron chi connectivity index (χ0n) is 13.0. The topological polar surface area (TPSA) is 71.3 Å². The van der Waals surface area contributed by atoms with E-state index in [0.29, 0.717) is 24.7 Å². The smallest absolute Gasteiger partial charge is 0.240 e. The third-order valence-electron chi connectivity index (χ3n) is 2.99. The van der Waals surface area contributed by atoms with E-state index in [9.17, 15) is 4.79 Å². The average molecular weight is 290 g/mol. The van der Waals surface area contributed by atoms with Crippen LogP contribution in [0.1, 0.15) is 32.8 Å². The first-order valence-electron chi connectivity index (χ1n) is 6.94. The molecule has 1 N–H and O–H groups in total. The Kier molecular flexibility index (Phi) is 6.04. The van der Waals surface area contributed by atoms with Crippen LogP contribution in [0.15, 0.2) is 18.2 Å². The van der Waals surface area contributed by atoms with E-state index in [1.54, 1.807) is 21.0 Å². The van der Waals surface area contributed by atoms with Crippen LogP contribution in [0.2, 0.25) is 0 Å². The third kappa shape index (κ3) is 4.67. The highest BCUT2D eigenvalue weighted by Crippen LogP contribution is 2.28. The number of nitriles is 1. The van der Waals surface area contributed by atoms with Gasteiger partial charge in [0.15, 0.2) is 11.5 Å². The lowest BCUT2D eigenvalue weighted by Gasteiger charge is -2.16. The number of carbonyl (C=O) groups excluding carboxylic acids is 1. The summed E-state index contributed by atoms with van der Waals surface area (Å²) >= 11 is 0. The van der Waals surface area contributed by atoms with E-state index in [1.165, 1.54) is 0 Å². The van der Waals surface area contributed by atoms with E-state index < -0.39 is 5.41 Å². The standard InChI is InChI=1S/C16H22N2O3/c1-5-8-21-13-7-6-12(9-14(13)20-4)10-18-15(19)16(2,3)11-17/h6-7,9H,5,8,10H2,1-4H3,(H,18,19). The van der Waals surface area contributed by atoms with Crippen LogP contribution in [0.25, 0.3) is 0 Å². The zero-order valence-corrected chi connectivity index (χ0v) is 13.0. The predicted molar refractivity (Wildman–Crippen MR) is 80.0 cm³/mol. The molecule has 1 amide bonds. The van der Waals surface area contributed by atoms with Gasteiger partial charge in [0.2, 0.25) is 5.91 Å². The number of nitrogens with zero attached hydrogens (tertiary/aromatic N) is 1. The number of methoxy groups -OCH3 is 1. The molecule has 0 saturated carbocycles. The van der Waals surface area contributed by atoms with Crippen molar-refractivity contribution < 1.29 is 14.3 Å². The summed E-state index contributed by atoms with van der Waals surface area (Å²) in [5, 5.41) is 11.7. The number of rotatable bonds is 7. The molecule has 1 aromatic rings. The van der Waals surface area contributed by atoms with Crippen LogP contribution >= 0.6 is 0 Å². The summed E-state index contributed by atoms with van der Waals surface area (Å²) in [6, 6.07) is 7.49. The minimum absolute atomic E-state index is 0.296. The van der Waals surface area contributed by atoms with Crippen molar-refractivity contribution in [3.8, 4) is 17.6 Å². The van der Waals surface area contributed by atoms with Crippen molar-refractivity contribution in [3.05, 3.63) is 23.8 Å². The lowest BCUT2D eigenvalue weighted by molar-refractivity contribution is -0.126. The number of hydrogen-bond donors (Lipinski definition) is 1. The number of benzene rings is 1. The summed E-state index contributed by atoms with van der Waals surface area (Å²) in [6.07, 6.45) is 0.921. The summed E-state index contributed by atoms with van der Waals surface area (Å²) in [5.74, 6) is 1.02. The van der Waals surface area contributed by atoms with Gasteiger partial charge in [-0.15, -0.1) is 0 Å². The van der Waals surface area contributed by atoms with Crippen LogP contribution in [0.4, 0.5) is 0 Å². The van der Waals surface area contributed by atoms with Gasteiger partial charge in [-0.3, -0.25) is 4.79 Å². The monoisotopic (exact) mass is 290 g/mol. The predicted octanol–water partition coefficient (Wildman–Crippen LogP) is 2.65. The van der Waals surface area contributed by atoms with Crippen molar-refractivity contribution in [2.45, 2.75) is 33.7 Å². The van der Waals surface area contributed by atoms with E-state index in [4.69, 9.17) is 14.7 Å². The molecule has 0 radical (unpaired) electrons. The highest BCUT2D eigenvalue weighted by atomic mass is 16.5. The molecule has 0 bridgehead atoms. The molecular weight excluding hydrogens is 268 g/mol. The molecule has 114 valence electrons. The van der Waals surface area contributed by atoms with E-state index in [0.717, 1.165) is 12.0 Å². The van der Waals surface area contributed by atoms with E-state index >= 15 is 0 Å². The van der Waals surface area contributed by atoms with Gasteiger partial charge in [-0.25, -0.2) is 0 Å². The molecule has 0 aliphatic rings. The number of ether oxygens (including phenoxy) is 2. The van der Waals surface area contributed by atoms with Gasteiger partial charge >= 0.3 is 0 Å². The first-order chi connectivity index (χ1) is 9.94. The maximum atomic E-state index is 11.8. The van der Waals surface area contributed by atoms with Crippen LogP contribution in [0, 0.1) is 16.7 Å². The van der Waals surface area contributed by atoms with Gasteiger partial charge in [-0.2, -0.15) is 5.26 Å². The lowest BCUT2D eigenvalue weighted by atomic mass is 9.95. The Morgan fingerprint density at radius 2 is 2.10 bits per heavy atom. The first-order valence-corrected chi connectivity index (χ1v) is 6.94. The van der Waals surface area contributed by atoms with Crippen LogP contribution in [-0.2, 0) is 11.3 Å². The number of amides is 1. The number of nitrogens with one attached hydrogen (secondary N) is 1. The average Bonchev–Trinajstić information content (AvgIpc) is 2.50. The molecule has 0 unspecified atom stereocenters. The Labute approximate surface area is 125 Å². The summed E-state index contributed by atoms with van der Waals surface area (Å²) in [4.78, 5) is 11.8. The molecule has 0 fully saturated rings. The summed E-state index contributed by atoms with van der Waals surface area (Å²) in [7, 11) is 1.58. The number of carbonyl (C=O) groups is 1. The molecule has 0 spiro atoms. The quantitative estimate of drug-likeness (QED) is 0.838. The third-order valence-corrected chi connectivity index (χ3v) is 2.99. The van der Waals surface area contributed by atoms with Crippen molar-refractivity contribution >= 4 is 5.91 Å². The Bertz CT molecular complexity index is 533. The minimum atomic E-state index is -1.03. The molecule has 0 heterocycles. The Hall–Kier alpha value is -2.22. The Morgan fingerprint density at radius 3 is 2.67 bits per heavy atom. The van der Waals surface area contributed by atoms with Crippen molar-refractivity contribution in [1.29, 1.82) is 5.26 Å². The summed E-state index contributed by atoms with van der Waals surface area (Å²) in [6.45, 7) is 6.18. The fourth-order valence-corrected chi connectivity index (χ4v) is 1.61. The fourth-order valence-electron chi connectivity index (χ4n) is 1.61. The van der Waals surface area contributed by atoms with E-state index in [2.05, 4.69) is 5.32 Å². The molecule has 0 atom stereocenters. The molecule has 0 saturated heterocycles. The Balaban J connectivity index is 2.73. The van der Waals surface area contributed by atoms with Gasteiger partial charge in [0.25, 0.3) is 0 Å². The van der Waals surface area contributed by atoms with Crippen molar-refractivity contribution in [2.24, 2.45) is 5.41 Å². The van der Waals surface area contributed by atoms with Gasteiger partial charge in [0, 0.05) is 6.54 Å². The molecule has 0 aliphatic carbocycles. The second-order valence-electron chi connectivity index (χ2n) is 5.25. The molecule has 1 rings (SSSR count). The van der Waals surface area contributed by atoms with Crippen molar-refractivity contribution in [2.75, 3.05) is 13.7 Å². The maximum Gasteiger partial charge on any atom is 0.240 e. The molecule has 0 aliphatic heterocycles. The second-order valence-corrected chi connectivity index (χ2v) is 5.25.